The predicted octanol–water partition coefficient (Wildman–Crippen LogP) is 2.37. The molecule has 2 N–H and O–H groups in total. The number of ether oxygens (including phenoxy) is 2. The van der Waals surface area contributed by atoms with E-state index in [1.54, 1.807) is 18.2 Å². The molecule has 0 spiro atoms. The van der Waals surface area contributed by atoms with Gasteiger partial charge < -0.3 is 20.1 Å². The minimum absolute atomic E-state index is 0.0495. The van der Waals surface area contributed by atoms with Crippen LogP contribution in [0.3, 0.4) is 0 Å². The standard InChI is InChI=1S/C18H19N3O6/c1-26-14-7-8-15(16(11-14)27-2)20-17(22)9-10-19-18(23)12-3-5-13(6-4-12)21(24)25/h3-8,11H,9-10H2,1-2H3,(H,19,23)(H,20,22). The van der Waals surface area contributed by atoms with Crippen molar-refractivity contribution in [3.05, 3.63) is 58.1 Å². The van der Waals surface area contributed by atoms with Crippen molar-refractivity contribution in [1.29, 1.82) is 0 Å². The van der Waals surface area contributed by atoms with Crippen molar-refractivity contribution >= 4 is 23.2 Å². The third kappa shape index (κ3) is 5.43. The molecule has 2 amide bonds. The van der Waals surface area contributed by atoms with Crippen LogP contribution in [0.2, 0.25) is 0 Å². The van der Waals surface area contributed by atoms with Gasteiger partial charge in [0.05, 0.1) is 24.8 Å². The van der Waals surface area contributed by atoms with Gasteiger partial charge in [0.25, 0.3) is 11.6 Å². The average Bonchev–Trinajstić information content (AvgIpc) is 2.68. The molecule has 0 saturated carbocycles. The van der Waals surface area contributed by atoms with Crippen LogP contribution in [0.4, 0.5) is 11.4 Å². The molecule has 9 heteroatoms. The Labute approximate surface area is 155 Å². The maximum absolute atomic E-state index is 12.0. The van der Waals surface area contributed by atoms with E-state index in [0.29, 0.717) is 17.2 Å². The Morgan fingerprint density at radius 2 is 1.78 bits per heavy atom. The van der Waals surface area contributed by atoms with Gasteiger partial charge in [0.1, 0.15) is 11.5 Å². The van der Waals surface area contributed by atoms with Gasteiger partial charge in [-0.2, -0.15) is 0 Å². The molecule has 0 saturated heterocycles. The topological polar surface area (TPSA) is 120 Å². The number of hydrogen-bond donors (Lipinski definition) is 2. The Balaban J connectivity index is 1.85. The van der Waals surface area contributed by atoms with Gasteiger partial charge in [-0.3, -0.25) is 19.7 Å². The number of rotatable bonds is 8. The molecule has 0 aliphatic carbocycles. The van der Waals surface area contributed by atoms with Crippen LogP contribution in [-0.4, -0.2) is 37.5 Å². The fourth-order valence-corrected chi connectivity index (χ4v) is 2.24. The summed E-state index contributed by atoms with van der Waals surface area (Å²) in [6.45, 7) is 0.111. The molecule has 2 aromatic rings. The lowest BCUT2D eigenvalue weighted by Gasteiger charge is -2.12. The maximum atomic E-state index is 12.0. The summed E-state index contributed by atoms with van der Waals surface area (Å²) >= 11 is 0. The fraction of sp³-hybridized carbons (Fsp3) is 0.222. The number of nitrogens with zero attached hydrogens (tertiary/aromatic N) is 1. The normalized spacial score (nSPS) is 10.0. The van der Waals surface area contributed by atoms with Crippen LogP contribution in [0, 0.1) is 10.1 Å². The highest BCUT2D eigenvalue weighted by Crippen LogP contribution is 2.29. The number of carbonyl (C=O) groups excluding carboxylic acids is 2. The molecule has 0 radical (unpaired) electrons. The van der Waals surface area contributed by atoms with Gasteiger partial charge in [0.15, 0.2) is 0 Å². The first-order valence-electron chi connectivity index (χ1n) is 7.99. The van der Waals surface area contributed by atoms with E-state index in [-0.39, 0.29) is 30.1 Å². The largest absolute Gasteiger partial charge is 0.497 e. The Morgan fingerprint density at radius 3 is 2.37 bits per heavy atom. The Morgan fingerprint density at radius 1 is 1.07 bits per heavy atom. The predicted molar refractivity (Wildman–Crippen MR) is 98.2 cm³/mol. The molecule has 0 aromatic heterocycles. The highest BCUT2D eigenvalue weighted by atomic mass is 16.6. The van der Waals surface area contributed by atoms with Crippen LogP contribution in [-0.2, 0) is 4.79 Å². The van der Waals surface area contributed by atoms with Crippen molar-refractivity contribution in [2.24, 2.45) is 0 Å². The second-order valence-electron chi connectivity index (χ2n) is 5.42. The minimum atomic E-state index is -0.542. The number of anilines is 1. The van der Waals surface area contributed by atoms with Gasteiger partial charge in [-0.1, -0.05) is 0 Å². The molecule has 0 aliphatic rings. The number of benzene rings is 2. The van der Waals surface area contributed by atoms with Gasteiger partial charge in [-0.15, -0.1) is 0 Å². The molecule has 0 fully saturated rings. The van der Waals surface area contributed by atoms with E-state index in [4.69, 9.17) is 9.47 Å². The van der Waals surface area contributed by atoms with E-state index >= 15 is 0 Å². The zero-order valence-electron chi connectivity index (χ0n) is 14.9. The summed E-state index contributed by atoms with van der Waals surface area (Å²) < 4.78 is 10.3. The van der Waals surface area contributed by atoms with Crippen molar-refractivity contribution in [3.8, 4) is 11.5 Å². The molecule has 9 nitrogen and oxygen atoms in total. The van der Waals surface area contributed by atoms with Crippen molar-refractivity contribution < 1.29 is 24.0 Å². The maximum Gasteiger partial charge on any atom is 0.269 e. The first kappa shape index (κ1) is 19.7. The fourth-order valence-electron chi connectivity index (χ4n) is 2.24. The Hall–Kier alpha value is -3.62. The Bertz CT molecular complexity index is 835. The zero-order chi connectivity index (χ0) is 19.8. The number of nitro groups is 1. The van der Waals surface area contributed by atoms with Crippen LogP contribution in [0.1, 0.15) is 16.8 Å². The minimum Gasteiger partial charge on any atom is -0.497 e. The number of non-ortho nitro benzene ring substituents is 1. The summed E-state index contributed by atoms with van der Waals surface area (Å²) in [6.07, 6.45) is 0.0495. The zero-order valence-corrected chi connectivity index (χ0v) is 14.9. The molecule has 0 unspecified atom stereocenters. The third-order valence-electron chi connectivity index (χ3n) is 3.66. The van der Waals surface area contributed by atoms with Crippen LogP contribution in [0.5, 0.6) is 11.5 Å². The number of amides is 2. The average molecular weight is 373 g/mol. The van der Waals surface area contributed by atoms with Crippen molar-refractivity contribution in [1.82, 2.24) is 5.32 Å². The second kappa shape index (κ2) is 9.18. The van der Waals surface area contributed by atoms with Crippen molar-refractivity contribution in [2.75, 3.05) is 26.1 Å². The molecule has 2 aromatic carbocycles. The highest BCUT2D eigenvalue weighted by Gasteiger charge is 2.11. The number of hydrogen-bond acceptors (Lipinski definition) is 6. The van der Waals surface area contributed by atoms with Crippen LogP contribution >= 0.6 is 0 Å². The summed E-state index contributed by atoms with van der Waals surface area (Å²) in [4.78, 5) is 34.1. The number of carbonyl (C=O) groups is 2. The van der Waals surface area contributed by atoms with E-state index in [0.717, 1.165) is 0 Å². The summed E-state index contributed by atoms with van der Waals surface area (Å²) in [5, 5.41) is 15.9. The number of methoxy groups -OCH3 is 2. The van der Waals surface area contributed by atoms with Gasteiger partial charge >= 0.3 is 0 Å². The quantitative estimate of drug-likeness (QED) is 0.541. The molecule has 142 valence electrons. The molecule has 0 heterocycles. The smallest absolute Gasteiger partial charge is 0.269 e. The van der Waals surface area contributed by atoms with Crippen molar-refractivity contribution in [3.63, 3.8) is 0 Å². The Kier molecular flexibility index (Phi) is 6.70. The molecule has 0 bridgehead atoms. The SMILES string of the molecule is COc1ccc(NC(=O)CCNC(=O)c2ccc([N+](=O)[O-])cc2)c(OC)c1. The van der Waals surface area contributed by atoms with E-state index in [1.807, 2.05) is 0 Å². The summed E-state index contributed by atoms with van der Waals surface area (Å²) in [5.41, 5.74) is 0.669. The van der Waals surface area contributed by atoms with Crippen LogP contribution in [0.15, 0.2) is 42.5 Å². The van der Waals surface area contributed by atoms with Gasteiger partial charge in [0, 0.05) is 36.7 Å². The van der Waals surface area contributed by atoms with Gasteiger partial charge in [0.2, 0.25) is 5.91 Å². The third-order valence-corrected chi connectivity index (χ3v) is 3.66. The first-order valence-corrected chi connectivity index (χ1v) is 7.99. The van der Waals surface area contributed by atoms with E-state index < -0.39 is 10.8 Å². The monoisotopic (exact) mass is 373 g/mol. The van der Waals surface area contributed by atoms with E-state index in [9.17, 15) is 19.7 Å². The molecule has 0 aliphatic heterocycles. The lowest BCUT2D eigenvalue weighted by atomic mass is 10.2. The number of nitro benzene ring substituents is 1. The summed E-state index contributed by atoms with van der Waals surface area (Å²) in [7, 11) is 3.01. The molecule has 0 atom stereocenters. The van der Waals surface area contributed by atoms with E-state index in [2.05, 4.69) is 10.6 Å². The van der Waals surface area contributed by atoms with Crippen molar-refractivity contribution in [2.45, 2.75) is 6.42 Å². The molecular weight excluding hydrogens is 354 g/mol. The van der Waals surface area contributed by atoms with Crippen LogP contribution in [0.25, 0.3) is 0 Å². The van der Waals surface area contributed by atoms with Gasteiger partial charge in [-0.05, 0) is 24.3 Å². The van der Waals surface area contributed by atoms with E-state index in [1.165, 1.54) is 38.5 Å². The number of nitrogens with one attached hydrogen (secondary N) is 2. The summed E-state index contributed by atoms with van der Waals surface area (Å²) in [5.74, 6) is 0.333. The molecule has 27 heavy (non-hydrogen) atoms. The molecular formula is C18H19N3O6. The second-order valence-corrected chi connectivity index (χ2v) is 5.42. The lowest BCUT2D eigenvalue weighted by Crippen LogP contribution is -2.27. The van der Waals surface area contributed by atoms with Crippen LogP contribution < -0.4 is 20.1 Å². The highest BCUT2D eigenvalue weighted by molar-refractivity contribution is 5.95. The van der Waals surface area contributed by atoms with Gasteiger partial charge in [-0.25, -0.2) is 0 Å². The lowest BCUT2D eigenvalue weighted by molar-refractivity contribution is -0.384. The first-order chi connectivity index (χ1) is 12.9. The molecule has 2 rings (SSSR count). The summed E-state index contributed by atoms with van der Waals surface area (Å²) in [6, 6.07) is 10.2.